The average molecular weight is 142 g/mol. The van der Waals surface area contributed by atoms with Crippen LogP contribution in [0.1, 0.15) is 16.7 Å². The molecule has 0 aromatic carbocycles. The minimum absolute atomic E-state index is 0. The molecule has 44 valence electrons. The Kier molecular flexibility index (Phi) is 7.91. The predicted molar refractivity (Wildman–Crippen MR) is 35.0 cm³/mol. The standard InChI is InChI=1S/C5H8O2.Ca.2H/c1-4(2)3-5(6)7;;;/h3H,1-2H3,(H,6,7);;;/q;+2;2*-1. The maximum Gasteiger partial charge on any atom is 2.00 e. The first-order valence-electron chi connectivity index (χ1n) is 2.01. The van der Waals surface area contributed by atoms with Crippen LogP contribution in [-0.2, 0) is 4.79 Å². The van der Waals surface area contributed by atoms with Crippen LogP contribution in [0.5, 0.6) is 0 Å². The van der Waals surface area contributed by atoms with E-state index in [0.717, 1.165) is 5.57 Å². The molecule has 0 heterocycles. The molecule has 0 rings (SSSR count). The normalized spacial score (nSPS) is 6.75. The summed E-state index contributed by atoms with van der Waals surface area (Å²) in [4.78, 5) is 9.73. The Balaban J connectivity index is -0.0000000600. The maximum atomic E-state index is 9.73. The zero-order valence-corrected chi connectivity index (χ0v) is 7.35. The van der Waals surface area contributed by atoms with Crippen molar-refractivity contribution in [3.05, 3.63) is 11.6 Å². The first-order chi connectivity index (χ1) is 3.13. The van der Waals surface area contributed by atoms with Gasteiger partial charge in [0.1, 0.15) is 0 Å². The number of allylic oxidation sites excluding steroid dienone is 1. The largest absolute Gasteiger partial charge is 2.00 e. The van der Waals surface area contributed by atoms with Crippen molar-refractivity contribution in [1.82, 2.24) is 0 Å². The summed E-state index contributed by atoms with van der Waals surface area (Å²) in [7, 11) is 0. The average Bonchev–Trinajstić information content (AvgIpc) is 1.27. The second-order valence-electron chi connectivity index (χ2n) is 1.56. The first-order valence-corrected chi connectivity index (χ1v) is 2.01. The summed E-state index contributed by atoms with van der Waals surface area (Å²) in [5.41, 5.74) is 0.813. The van der Waals surface area contributed by atoms with Crippen LogP contribution in [0.15, 0.2) is 11.6 Å². The van der Waals surface area contributed by atoms with Crippen molar-refractivity contribution in [3.8, 4) is 0 Å². The van der Waals surface area contributed by atoms with Gasteiger partial charge in [-0.15, -0.1) is 0 Å². The van der Waals surface area contributed by atoms with Crippen LogP contribution in [0.4, 0.5) is 0 Å². The van der Waals surface area contributed by atoms with Gasteiger partial charge in [-0.3, -0.25) is 0 Å². The van der Waals surface area contributed by atoms with E-state index in [1.807, 2.05) is 0 Å². The molecule has 0 atom stereocenters. The molecule has 0 unspecified atom stereocenters. The number of hydrogen-bond acceptors (Lipinski definition) is 1. The molecule has 0 aliphatic rings. The van der Waals surface area contributed by atoms with E-state index >= 15 is 0 Å². The Hall–Kier alpha value is 0.470. The quantitative estimate of drug-likeness (QED) is 0.436. The summed E-state index contributed by atoms with van der Waals surface area (Å²) in [6.07, 6.45) is 1.17. The smallest absolute Gasteiger partial charge is 1.00 e. The minimum Gasteiger partial charge on any atom is -1.00 e. The Bertz CT molecular complexity index is 110. The maximum absolute atomic E-state index is 9.73. The van der Waals surface area contributed by atoms with Gasteiger partial charge in [0.25, 0.3) is 0 Å². The third-order valence-corrected chi connectivity index (χ3v) is 0.412. The van der Waals surface area contributed by atoms with Crippen LogP contribution in [-0.4, -0.2) is 48.8 Å². The molecule has 0 amide bonds. The molecule has 0 spiro atoms. The zero-order valence-electron chi connectivity index (χ0n) is 7.14. The third-order valence-electron chi connectivity index (χ3n) is 0.412. The monoisotopic (exact) mass is 142 g/mol. The summed E-state index contributed by atoms with van der Waals surface area (Å²) in [6, 6.07) is 0. The molecule has 0 bridgehead atoms. The molecule has 2 nitrogen and oxygen atoms in total. The molecule has 0 aromatic heterocycles. The molecule has 0 aliphatic carbocycles. The van der Waals surface area contributed by atoms with E-state index in [0.29, 0.717) is 0 Å². The molecule has 0 saturated carbocycles. The number of carboxylic acids is 1. The first kappa shape index (κ1) is 11.3. The second-order valence-corrected chi connectivity index (χ2v) is 1.56. The summed E-state index contributed by atoms with van der Waals surface area (Å²) in [5.74, 6) is -0.875. The van der Waals surface area contributed by atoms with Gasteiger partial charge in [0.15, 0.2) is 0 Å². The van der Waals surface area contributed by atoms with E-state index < -0.39 is 5.97 Å². The van der Waals surface area contributed by atoms with Crippen LogP contribution in [0.3, 0.4) is 0 Å². The van der Waals surface area contributed by atoms with Crippen molar-refractivity contribution in [2.24, 2.45) is 0 Å². The van der Waals surface area contributed by atoms with Gasteiger partial charge >= 0.3 is 43.7 Å². The number of carbonyl (C=O) groups is 1. The second kappa shape index (κ2) is 5.60. The molecule has 0 saturated heterocycles. The van der Waals surface area contributed by atoms with Crippen LogP contribution in [0.2, 0.25) is 0 Å². The molecule has 0 fully saturated rings. The van der Waals surface area contributed by atoms with Crippen molar-refractivity contribution in [1.29, 1.82) is 0 Å². The molecular weight excluding hydrogens is 132 g/mol. The third kappa shape index (κ3) is 9.69. The fourth-order valence-corrected chi connectivity index (χ4v) is 0.247. The minimum atomic E-state index is -0.875. The van der Waals surface area contributed by atoms with E-state index in [1.54, 1.807) is 13.8 Å². The van der Waals surface area contributed by atoms with Gasteiger partial charge in [-0.2, -0.15) is 0 Å². The Morgan fingerprint density at radius 1 is 1.62 bits per heavy atom. The van der Waals surface area contributed by atoms with Gasteiger partial charge in [0.05, 0.1) is 0 Å². The van der Waals surface area contributed by atoms with Crippen LogP contribution < -0.4 is 0 Å². The summed E-state index contributed by atoms with van der Waals surface area (Å²) < 4.78 is 0. The summed E-state index contributed by atoms with van der Waals surface area (Å²) >= 11 is 0. The van der Waals surface area contributed by atoms with Crippen molar-refractivity contribution >= 4 is 43.7 Å². The number of carboxylic acid groups (broad SMARTS) is 1. The zero-order chi connectivity index (χ0) is 5.86. The molecular formula is C5H10CaO2. The summed E-state index contributed by atoms with van der Waals surface area (Å²) in [5, 5.41) is 8.01. The number of rotatable bonds is 1. The van der Waals surface area contributed by atoms with E-state index in [-0.39, 0.29) is 40.6 Å². The van der Waals surface area contributed by atoms with Gasteiger partial charge in [0.2, 0.25) is 0 Å². The van der Waals surface area contributed by atoms with Crippen LogP contribution >= 0.6 is 0 Å². The number of aliphatic carboxylic acids is 1. The van der Waals surface area contributed by atoms with Gasteiger partial charge in [-0.1, -0.05) is 5.57 Å². The van der Waals surface area contributed by atoms with Crippen LogP contribution in [0.25, 0.3) is 0 Å². The van der Waals surface area contributed by atoms with E-state index in [9.17, 15) is 4.79 Å². The number of hydrogen-bond donors (Lipinski definition) is 1. The molecule has 8 heavy (non-hydrogen) atoms. The predicted octanol–water partition coefficient (Wildman–Crippen LogP) is 0.881. The van der Waals surface area contributed by atoms with Crippen molar-refractivity contribution < 1.29 is 12.8 Å². The summed E-state index contributed by atoms with van der Waals surface area (Å²) in [6.45, 7) is 3.49. The fourth-order valence-electron chi connectivity index (χ4n) is 0.247. The van der Waals surface area contributed by atoms with E-state index in [4.69, 9.17) is 5.11 Å². The van der Waals surface area contributed by atoms with Gasteiger partial charge in [0, 0.05) is 6.08 Å². The Morgan fingerprint density at radius 2 is 2.00 bits per heavy atom. The Morgan fingerprint density at radius 3 is 2.00 bits per heavy atom. The van der Waals surface area contributed by atoms with Crippen LogP contribution in [0, 0.1) is 0 Å². The van der Waals surface area contributed by atoms with E-state index in [1.165, 1.54) is 6.08 Å². The van der Waals surface area contributed by atoms with Gasteiger partial charge in [-0.25, -0.2) is 4.79 Å². The molecule has 3 heteroatoms. The fraction of sp³-hybridized carbons (Fsp3) is 0.400. The van der Waals surface area contributed by atoms with Crippen molar-refractivity contribution in [3.63, 3.8) is 0 Å². The molecule has 0 radical (unpaired) electrons. The van der Waals surface area contributed by atoms with Crippen molar-refractivity contribution in [2.45, 2.75) is 13.8 Å². The van der Waals surface area contributed by atoms with E-state index in [2.05, 4.69) is 0 Å². The molecule has 1 N–H and O–H groups in total. The van der Waals surface area contributed by atoms with Crippen molar-refractivity contribution in [2.75, 3.05) is 0 Å². The Labute approximate surface area is 81.6 Å². The SMILES string of the molecule is CC(C)=CC(=O)O.[Ca+2].[H-].[H-]. The molecule has 0 aromatic rings. The van der Waals surface area contributed by atoms with Gasteiger partial charge < -0.3 is 7.96 Å². The topological polar surface area (TPSA) is 37.3 Å². The van der Waals surface area contributed by atoms with Gasteiger partial charge in [-0.05, 0) is 13.8 Å². The molecule has 0 aliphatic heterocycles.